The molecule has 0 amide bonds. The standard InChI is InChI=1S/C13H14FNOSe/c14-10-6-11-13-9(8-17-12(13)7-10)2-4-15-3-1-5-16-11/h6-8,15H,1-5H2. The minimum atomic E-state index is -0.176. The van der Waals surface area contributed by atoms with Gasteiger partial charge in [-0.3, -0.25) is 0 Å². The molecule has 2 nitrogen and oxygen atoms in total. The molecule has 1 aromatic carbocycles. The molecule has 17 heavy (non-hydrogen) atoms. The van der Waals surface area contributed by atoms with E-state index in [0.29, 0.717) is 6.61 Å². The van der Waals surface area contributed by atoms with Gasteiger partial charge in [0.1, 0.15) is 0 Å². The van der Waals surface area contributed by atoms with E-state index in [1.807, 2.05) is 0 Å². The van der Waals surface area contributed by atoms with Crippen LogP contribution in [0.5, 0.6) is 5.75 Å². The Morgan fingerprint density at radius 3 is 3.18 bits per heavy atom. The van der Waals surface area contributed by atoms with Gasteiger partial charge in [-0.15, -0.1) is 0 Å². The molecule has 4 heteroatoms. The molecule has 0 bridgehead atoms. The molecule has 2 heterocycles. The van der Waals surface area contributed by atoms with Crippen molar-refractivity contribution in [2.24, 2.45) is 0 Å². The summed E-state index contributed by atoms with van der Waals surface area (Å²) in [5.74, 6) is 0.568. The normalized spacial score (nSPS) is 16.8. The van der Waals surface area contributed by atoms with Crippen molar-refractivity contribution in [1.29, 1.82) is 0 Å². The molecule has 1 N–H and O–H groups in total. The summed E-state index contributed by atoms with van der Waals surface area (Å²) in [5, 5.41) is 4.56. The first kappa shape index (κ1) is 11.3. The molecule has 0 saturated carbocycles. The molecule has 0 aliphatic carbocycles. The zero-order valence-corrected chi connectivity index (χ0v) is 11.2. The Morgan fingerprint density at radius 1 is 1.29 bits per heavy atom. The van der Waals surface area contributed by atoms with Crippen LogP contribution in [0.4, 0.5) is 4.39 Å². The Kier molecular flexibility index (Phi) is 3.19. The Hall–Kier alpha value is -0.831. The van der Waals surface area contributed by atoms with Crippen molar-refractivity contribution in [1.82, 2.24) is 5.32 Å². The molecular weight excluding hydrogens is 284 g/mol. The maximum atomic E-state index is 13.5. The van der Waals surface area contributed by atoms with Crippen molar-refractivity contribution in [3.05, 3.63) is 28.5 Å². The van der Waals surface area contributed by atoms with Gasteiger partial charge in [0.15, 0.2) is 0 Å². The molecule has 1 aromatic heterocycles. The van der Waals surface area contributed by atoms with E-state index < -0.39 is 0 Å². The van der Waals surface area contributed by atoms with Crippen molar-refractivity contribution in [2.75, 3.05) is 19.7 Å². The van der Waals surface area contributed by atoms with Gasteiger partial charge in [0.25, 0.3) is 0 Å². The van der Waals surface area contributed by atoms with Gasteiger partial charge in [0, 0.05) is 0 Å². The Balaban J connectivity index is 2.13. The van der Waals surface area contributed by atoms with Crippen LogP contribution in [0.1, 0.15) is 12.0 Å². The topological polar surface area (TPSA) is 21.3 Å². The molecule has 0 saturated heterocycles. The molecule has 3 rings (SSSR count). The minimum absolute atomic E-state index is 0.176. The second-order valence-electron chi connectivity index (χ2n) is 4.24. The first-order valence-corrected chi connectivity index (χ1v) is 7.72. The van der Waals surface area contributed by atoms with Crippen LogP contribution < -0.4 is 10.1 Å². The second-order valence-corrected chi connectivity index (χ2v) is 6.15. The summed E-state index contributed by atoms with van der Waals surface area (Å²) < 4.78 is 20.3. The second kappa shape index (κ2) is 4.81. The summed E-state index contributed by atoms with van der Waals surface area (Å²) in [6, 6.07) is 3.19. The zero-order valence-electron chi connectivity index (χ0n) is 9.46. The van der Waals surface area contributed by atoms with Gasteiger partial charge < -0.3 is 0 Å². The van der Waals surface area contributed by atoms with Crippen molar-refractivity contribution in [2.45, 2.75) is 12.8 Å². The van der Waals surface area contributed by atoms with E-state index in [2.05, 4.69) is 10.3 Å². The molecule has 0 atom stereocenters. The first-order chi connectivity index (χ1) is 8.34. The van der Waals surface area contributed by atoms with Crippen molar-refractivity contribution in [3.8, 4) is 5.75 Å². The van der Waals surface area contributed by atoms with E-state index in [1.54, 1.807) is 6.07 Å². The number of ether oxygens (including phenoxy) is 1. The first-order valence-electron chi connectivity index (χ1n) is 5.88. The van der Waals surface area contributed by atoms with Crippen LogP contribution in [-0.2, 0) is 6.42 Å². The summed E-state index contributed by atoms with van der Waals surface area (Å²) in [6.07, 6.45) is 1.98. The summed E-state index contributed by atoms with van der Waals surface area (Å²) in [7, 11) is 0. The Labute approximate surface area is 106 Å². The van der Waals surface area contributed by atoms with Crippen LogP contribution >= 0.6 is 0 Å². The van der Waals surface area contributed by atoms with Crippen LogP contribution in [0, 0.1) is 5.82 Å². The predicted octanol–water partition coefficient (Wildman–Crippen LogP) is 1.95. The fourth-order valence-corrected chi connectivity index (χ4v) is 4.36. The SMILES string of the molecule is Fc1cc2c3c(c[se]c3c1)CCNCCCO2. The average Bonchev–Trinajstić information content (AvgIpc) is 2.71. The number of rotatable bonds is 0. The molecule has 0 spiro atoms. The molecule has 0 fully saturated rings. The summed E-state index contributed by atoms with van der Waals surface area (Å²) >= 11 is 0.263. The Bertz CT molecular complexity index is 537. The van der Waals surface area contributed by atoms with E-state index in [-0.39, 0.29) is 20.3 Å². The van der Waals surface area contributed by atoms with E-state index in [0.717, 1.165) is 41.3 Å². The molecule has 0 radical (unpaired) electrons. The number of hydrogen-bond acceptors (Lipinski definition) is 2. The van der Waals surface area contributed by atoms with Crippen molar-refractivity contribution >= 4 is 24.1 Å². The van der Waals surface area contributed by atoms with Crippen molar-refractivity contribution in [3.63, 3.8) is 0 Å². The van der Waals surface area contributed by atoms with Crippen LogP contribution in [0.3, 0.4) is 0 Å². The van der Waals surface area contributed by atoms with Crippen molar-refractivity contribution < 1.29 is 9.13 Å². The van der Waals surface area contributed by atoms with Gasteiger partial charge in [-0.25, -0.2) is 0 Å². The van der Waals surface area contributed by atoms with Gasteiger partial charge in [-0.2, -0.15) is 0 Å². The predicted molar refractivity (Wildman–Crippen MR) is 67.5 cm³/mol. The zero-order chi connectivity index (χ0) is 11.7. The summed E-state index contributed by atoms with van der Waals surface area (Å²) in [6.45, 7) is 2.62. The van der Waals surface area contributed by atoms with E-state index >= 15 is 0 Å². The van der Waals surface area contributed by atoms with Gasteiger partial charge in [-0.05, 0) is 0 Å². The van der Waals surface area contributed by atoms with Crippen LogP contribution in [0.2, 0.25) is 0 Å². The number of hydrogen-bond donors (Lipinski definition) is 1. The maximum absolute atomic E-state index is 13.5. The van der Waals surface area contributed by atoms with Gasteiger partial charge in [0.2, 0.25) is 0 Å². The third kappa shape index (κ3) is 2.25. The Morgan fingerprint density at radius 2 is 2.24 bits per heavy atom. The third-order valence-electron chi connectivity index (χ3n) is 3.01. The van der Waals surface area contributed by atoms with Crippen LogP contribution in [0.15, 0.2) is 17.1 Å². The summed E-state index contributed by atoms with van der Waals surface area (Å²) in [4.78, 5) is 2.26. The third-order valence-corrected chi connectivity index (χ3v) is 5.06. The molecular formula is C13H14FNOSe. The molecule has 1 aliphatic heterocycles. The quantitative estimate of drug-likeness (QED) is 0.751. The van der Waals surface area contributed by atoms with Gasteiger partial charge in [0.05, 0.1) is 0 Å². The average molecular weight is 298 g/mol. The van der Waals surface area contributed by atoms with Crippen LogP contribution in [0.25, 0.3) is 9.65 Å². The molecule has 90 valence electrons. The fourth-order valence-electron chi connectivity index (χ4n) is 2.19. The number of halogens is 1. The van der Waals surface area contributed by atoms with E-state index in [4.69, 9.17) is 4.74 Å². The van der Waals surface area contributed by atoms with E-state index in [1.165, 1.54) is 11.6 Å². The number of nitrogens with one attached hydrogen (secondary N) is 1. The summed E-state index contributed by atoms with van der Waals surface area (Å²) in [5.41, 5.74) is 1.32. The molecule has 0 unspecified atom stereocenters. The monoisotopic (exact) mass is 299 g/mol. The molecule has 1 aliphatic rings. The van der Waals surface area contributed by atoms with E-state index in [9.17, 15) is 4.39 Å². The van der Waals surface area contributed by atoms with Gasteiger partial charge >= 0.3 is 105 Å². The number of benzene rings is 1. The molecule has 2 aromatic rings. The fraction of sp³-hybridized carbons (Fsp3) is 0.385. The van der Waals surface area contributed by atoms with Gasteiger partial charge in [-0.1, -0.05) is 0 Å². The van der Waals surface area contributed by atoms with Crippen LogP contribution in [-0.4, -0.2) is 34.2 Å².